The van der Waals surface area contributed by atoms with Gasteiger partial charge in [0, 0.05) is 17.1 Å². The molecule has 1 nitrogen and oxygen atoms in total. The summed E-state index contributed by atoms with van der Waals surface area (Å²) in [6.07, 6.45) is 0. The summed E-state index contributed by atoms with van der Waals surface area (Å²) in [4.78, 5) is 2.34. The predicted molar refractivity (Wildman–Crippen MR) is 218 cm³/mol. The molecule has 0 aliphatic carbocycles. The molecule has 0 atom stereocenters. The van der Waals surface area contributed by atoms with E-state index in [0.717, 1.165) is 17.1 Å². The molecule has 0 saturated heterocycles. The van der Waals surface area contributed by atoms with Gasteiger partial charge in [-0.15, -0.1) is 0 Å². The van der Waals surface area contributed by atoms with Gasteiger partial charge in [0.2, 0.25) is 0 Å². The summed E-state index contributed by atoms with van der Waals surface area (Å²) in [6, 6.07) is 76.5. The molecule has 240 valence electrons. The predicted octanol–water partition coefficient (Wildman–Crippen LogP) is 14.1. The van der Waals surface area contributed by atoms with Crippen LogP contribution in [-0.2, 0) is 0 Å². The van der Waals surface area contributed by atoms with Crippen molar-refractivity contribution in [3.8, 4) is 44.5 Å². The lowest BCUT2D eigenvalue weighted by atomic mass is 9.83. The van der Waals surface area contributed by atoms with E-state index >= 15 is 0 Å². The van der Waals surface area contributed by atoms with Gasteiger partial charge in [-0.3, -0.25) is 0 Å². The zero-order valence-electron chi connectivity index (χ0n) is 28.2. The van der Waals surface area contributed by atoms with E-state index in [-0.39, 0.29) is 0 Å². The second-order valence-electron chi connectivity index (χ2n) is 12.9. The first-order valence-electron chi connectivity index (χ1n) is 17.5. The highest BCUT2D eigenvalue weighted by atomic mass is 15.1. The van der Waals surface area contributed by atoms with Gasteiger partial charge in [-0.25, -0.2) is 0 Å². The maximum Gasteiger partial charge on any atom is 0.0467 e. The molecule has 0 fully saturated rings. The minimum atomic E-state index is 1.11. The van der Waals surface area contributed by atoms with E-state index in [4.69, 9.17) is 0 Å². The molecule has 0 N–H and O–H groups in total. The lowest BCUT2D eigenvalue weighted by molar-refractivity contribution is 1.28. The van der Waals surface area contributed by atoms with Gasteiger partial charge in [0.15, 0.2) is 0 Å². The molecule has 1 heteroatoms. The second-order valence-corrected chi connectivity index (χ2v) is 12.9. The number of hydrogen-bond donors (Lipinski definition) is 0. The lowest BCUT2D eigenvalue weighted by Gasteiger charge is -2.26. The Labute approximate surface area is 299 Å². The highest BCUT2D eigenvalue weighted by Crippen LogP contribution is 2.47. The maximum absolute atomic E-state index is 2.34. The molecule has 0 aromatic heterocycles. The zero-order chi connectivity index (χ0) is 34.0. The van der Waals surface area contributed by atoms with Crippen molar-refractivity contribution in [2.75, 3.05) is 4.90 Å². The first kappa shape index (κ1) is 30.4. The van der Waals surface area contributed by atoms with Crippen LogP contribution in [0.25, 0.3) is 66.1 Å². The van der Waals surface area contributed by atoms with E-state index in [1.165, 1.54) is 66.1 Å². The molecule has 0 radical (unpaired) electrons. The third-order valence-electron chi connectivity index (χ3n) is 9.84. The van der Waals surface area contributed by atoms with Crippen LogP contribution in [0.2, 0.25) is 0 Å². The van der Waals surface area contributed by atoms with Crippen molar-refractivity contribution >= 4 is 38.6 Å². The van der Waals surface area contributed by atoms with Gasteiger partial charge in [0.25, 0.3) is 0 Å². The van der Waals surface area contributed by atoms with E-state index in [2.05, 4.69) is 217 Å². The quantitative estimate of drug-likeness (QED) is 0.155. The summed E-state index contributed by atoms with van der Waals surface area (Å²) in [6.45, 7) is 0. The molecule has 0 bridgehead atoms. The van der Waals surface area contributed by atoms with Crippen molar-refractivity contribution in [3.05, 3.63) is 212 Å². The molecule has 0 heterocycles. The molecule has 0 aliphatic rings. The molecule has 9 aromatic carbocycles. The van der Waals surface area contributed by atoms with Gasteiger partial charge in [-0.2, -0.15) is 0 Å². The van der Waals surface area contributed by atoms with Crippen molar-refractivity contribution < 1.29 is 0 Å². The zero-order valence-corrected chi connectivity index (χ0v) is 28.2. The van der Waals surface area contributed by atoms with Crippen LogP contribution < -0.4 is 4.90 Å². The topological polar surface area (TPSA) is 3.24 Å². The van der Waals surface area contributed by atoms with Gasteiger partial charge in [0.05, 0.1) is 0 Å². The molecular formula is C50H35N. The van der Waals surface area contributed by atoms with Crippen molar-refractivity contribution in [2.45, 2.75) is 0 Å². The van der Waals surface area contributed by atoms with Gasteiger partial charge < -0.3 is 4.90 Å². The van der Waals surface area contributed by atoms with E-state index in [0.29, 0.717) is 0 Å². The highest BCUT2D eigenvalue weighted by molar-refractivity contribution is 6.25. The van der Waals surface area contributed by atoms with Crippen LogP contribution in [0, 0.1) is 0 Å². The summed E-state index contributed by atoms with van der Waals surface area (Å²) in [5.41, 5.74) is 13.1. The van der Waals surface area contributed by atoms with Gasteiger partial charge in [0.1, 0.15) is 0 Å². The Morgan fingerprint density at radius 1 is 0.255 bits per heavy atom. The number of rotatable bonds is 7. The first-order valence-corrected chi connectivity index (χ1v) is 17.5. The fourth-order valence-corrected chi connectivity index (χ4v) is 7.56. The molecule has 0 unspecified atom stereocenters. The smallest absolute Gasteiger partial charge is 0.0467 e. The Morgan fingerprint density at radius 3 is 1.35 bits per heavy atom. The molecule has 51 heavy (non-hydrogen) atoms. The van der Waals surface area contributed by atoms with Crippen LogP contribution in [0.3, 0.4) is 0 Å². The number of hydrogen-bond acceptors (Lipinski definition) is 1. The van der Waals surface area contributed by atoms with Gasteiger partial charge in [-0.1, -0.05) is 176 Å². The molecule has 9 aromatic rings. The Morgan fingerprint density at radius 2 is 0.706 bits per heavy atom. The monoisotopic (exact) mass is 649 g/mol. The van der Waals surface area contributed by atoms with Crippen LogP contribution in [0.15, 0.2) is 212 Å². The molecule has 0 aliphatic heterocycles. The highest BCUT2D eigenvalue weighted by Gasteiger charge is 2.20. The molecular weight excluding hydrogens is 615 g/mol. The normalized spacial score (nSPS) is 11.1. The number of fused-ring (bicyclic) bond motifs is 3. The van der Waals surface area contributed by atoms with Crippen LogP contribution in [0.4, 0.5) is 17.1 Å². The number of nitrogens with zero attached hydrogens (tertiary/aromatic N) is 1. The van der Waals surface area contributed by atoms with Crippen molar-refractivity contribution in [1.82, 2.24) is 0 Å². The summed E-state index contributed by atoms with van der Waals surface area (Å²) >= 11 is 0. The third kappa shape index (κ3) is 5.65. The SMILES string of the molecule is c1ccc(-c2cccc(N(c3ccccc3)c3ccc(-c4cccc5c(-c6ccccc6)c(-c6ccccc6)c6ccccc6c45)cc3)c2)cc1. The molecule has 0 spiro atoms. The van der Waals surface area contributed by atoms with Crippen LogP contribution in [0.5, 0.6) is 0 Å². The summed E-state index contributed by atoms with van der Waals surface area (Å²) < 4.78 is 0. The van der Waals surface area contributed by atoms with Gasteiger partial charge in [-0.05, 0) is 102 Å². The minimum absolute atomic E-state index is 1.11. The second kappa shape index (κ2) is 13.3. The summed E-state index contributed by atoms with van der Waals surface area (Å²) in [7, 11) is 0. The van der Waals surface area contributed by atoms with Crippen LogP contribution in [-0.4, -0.2) is 0 Å². The van der Waals surface area contributed by atoms with Gasteiger partial charge >= 0.3 is 0 Å². The molecule has 9 rings (SSSR count). The van der Waals surface area contributed by atoms with E-state index in [1.54, 1.807) is 0 Å². The standard InChI is InChI=1S/C50H35N/c1-5-17-36(18-6-1)40-23-15-26-43(35-40)51(41-24-11-4-12-25-41)42-33-31-37(32-34-42)44-29-16-30-47-49(39-21-9-3-10-22-39)48(38-19-7-2-8-20-38)45-27-13-14-28-46(45)50(44)47/h1-35H. The Hall–Kier alpha value is -6.70. The Bertz CT molecular complexity index is 2590. The number of para-hydroxylation sites is 1. The summed E-state index contributed by atoms with van der Waals surface area (Å²) in [5, 5.41) is 5.04. The maximum atomic E-state index is 2.34. The average Bonchev–Trinajstić information content (AvgIpc) is 3.22. The Balaban J connectivity index is 1.23. The Kier molecular flexibility index (Phi) is 7.92. The fraction of sp³-hybridized carbons (Fsp3) is 0. The van der Waals surface area contributed by atoms with Crippen LogP contribution >= 0.6 is 0 Å². The first-order chi connectivity index (χ1) is 25.3. The van der Waals surface area contributed by atoms with Crippen LogP contribution in [0.1, 0.15) is 0 Å². The van der Waals surface area contributed by atoms with E-state index in [9.17, 15) is 0 Å². The number of anilines is 3. The van der Waals surface area contributed by atoms with Crippen molar-refractivity contribution in [1.29, 1.82) is 0 Å². The summed E-state index contributed by atoms with van der Waals surface area (Å²) in [5.74, 6) is 0. The molecule has 0 saturated carbocycles. The fourth-order valence-electron chi connectivity index (χ4n) is 7.56. The van der Waals surface area contributed by atoms with E-state index < -0.39 is 0 Å². The van der Waals surface area contributed by atoms with Crippen molar-refractivity contribution in [3.63, 3.8) is 0 Å². The van der Waals surface area contributed by atoms with Crippen molar-refractivity contribution in [2.24, 2.45) is 0 Å². The largest absolute Gasteiger partial charge is 0.310 e. The minimum Gasteiger partial charge on any atom is -0.310 e. The average molecular weight is 650 g/mol. The molecule has 0 amide bonds. The third-order valence-corrected chi connectivity index (χ3v) is 9.84. The van der Waals surface area contributed by atoms with E-state index in [1.807, 2.05) is 0 Å². The lowest BCUT2D eigenvalue weighted by Crippen LogP contribution is -2.09. The number of benzene rings is 9.